The Morgan fingerprint density at radius 3 is 2.81 bits per heavy atom. The lowest BCUT2D eigenvalue weighted by molar-refractivity contribution is -0.130. The summed E-state index contributed by atoms with van der Waals surface area (Å²) in [6.07, 6.45) is 3.02. The first-order chi connectivity index (χ1) is 13.0. The van der Waals surface area contributed by atoms with E-state index in [9.17, 15) is 9.59 Å². The van der Waals surface area contributed by atoms with Gasteiger partial charge in [-0.1, -0.05) is 13.8 Å². The van der Waals surface area contributed by atoms with Gasteiger partial charge in [0.15, 0.2) is 0 Å². The number of amides is 2. The molecule has 5 nitrogen and oxygen atoms in total. The number of carbonyl (C=O) groups is 2. The molecule has 0 saturated carbocycles. The van der Waals surface area contributed by atoms with Crippen LogP contribution in [-0.4, -0.2) is 40.8 Å². The number of nitrogens with one attached hydrogen (secondary N) is 1. The number of hydrogen-bond acceptors (Lipinski definition) is 5. The molecule has 1 unspecified atom stereocenters. The average molecular weight is 406 g/mol. The second-order valence-corrected chi connectivity index (χ2v) is 9.21. The predicted octanol–water partition coefficient (Wildman–Crippen LogP) is 3.88. The number of aromatic nitrogens is 1. The zero-order valence-corrected chi connectivity index (χ0v) is 17.8. The van der Waals surface area contributed by atoms with Crippen molar-refractivity contribution in [3.63, 3.8) is 0 Å². The van der Waals surface area contributed by atoms with Gasteiger partial charge in [0.1, 0.15) is 0 Å². The van der Waals surface area contributed by atoms with E-state index in [1.165, 1.54) is 9.75 Å². The molecule has 2 aromatic heterocycles. The minimum atomic E-state index is -0.213. The summed E-state index contributed by atoms with van der Waals surface area (Å²) in [5.74, 6) is -0.0935. The van der Waals surface area contributed by atoms with Crippen molar-refractivity contribution in [2.45, 2.75) is 52.5 Å². The summed E-state index contributed by atoms with van der Waals surface area (Å²) in [5.41, 5.74) is 1.03. The largest absolute Gasteiger partial charge is 0.355 e. The van der Waals surface area contributed by atoms with E-state index in [4.69, 9.17) is 0 Å². The van der Waals surface area contributed by atoms with Crippen LogP contribution < -0.4 is 5.32 Å². The molecule has 2 amide bonds. The molecule has 27 heavy (non-hydrogen) atoms. The fourth-order valence-corrected chi connectivity index (χ4v) is 5.22. The van der Waals surface area contributed by atoms with Crippen LogP contribution in [0.4, 0.5) is 0 Å². The number of aryl methyl sites for hydroxylation is 1. The molecule has 3 heterocycles. The van der Waals surface area contributed by atoms with Gasteiger partial charge in [-0.2, -0.15) is 0 Å². The third kappa shape index (κ3) is 4.76. The molecule has 3 rings (SSSR count). The van der Waals surface area contributed by atoms with Gasteiger partial charge < -0.3 is 10.2 Å². The number of rotatable bonds is 8. The highest BCUT2D eigenvalue weighted by Gasteiger charge is 2.36. The Morgan fingerprint density at radius 2 is 2.15 bits per heavy atom. The lowest BCUT2D eigenvalue weighted by Crippen LogP contribution is -2.38. The van der Waals surface area contributed by atoms with Crippen molar-refractivity contribution in [1.82, 2.24) is 15.2 Å². The normalized spacial score (nSPS) is 17.1. The topological polar surface area (TPSA) is 62.3 Å². The van der Waals surface area contributed by atoms with Gasteiger partial charge in [-0.3, -0.25) is 9.59 Å². The molecule has 1 N–H and O–H groups in total. The SMILES string of the molecule is CCC(CC)N1CC(C(=O)NCCc2ccc(-c3csc(C)n3)s2)CC1=O. The van der Waals surface area contributed by atoms with Gasteiger partial charge in [0, 0.05) is 35.8 Å². The lowest BCUT2D eigenvalue weighted by atomic mass is 10.1. The number of thiazole rings is 1. The standard InChI is InChI=1S/C20H27N3O2S2/c1-4-15(5-2)23-11-14(10-19(23)24)20(25)21-9-8-16-6-7-18(27-16)17-12-26-13(3)22-17/h6-7,12,14-15H,4-5,8-11H2,1-3H3,(H,21,25). The van der Waals surface area contributed by atoms with E-state index < -0.39 is 0 Å². The maximum Gasteiger partial charge on any atom is 0.225 e. The third-order valence-corrected chi connectivity index (χ3v) is 7.06. The summed E-state index contributed by atoms with van der Waals surface area (Å²) in [7, 11) is 0. The first-order valence-corrected chi connectivity index (χ1v) is 11.3. The monoisotopic (exact) mass is 405 g/mol. The van der Waals surface area contributed by atoms with E-state index in [1.54, 1.807) is 22.7 Å². The first kappa shape index (κ1) is 20.0. The van der Waals surface area contributed by atoms with Gasteiger partial charge in [0.05, 0.1) is 21.5 Å². The number of carbonyl (C=O) groups excluding carboxylic acids is 2. The van der Waals surface area contributed by atoms with Crippen molar-refractivity contribution in [3.8, 4) is 10.6 Å². The van der Waals surface area contributed by atoms with Crippen LogP contribution in [0.15, 0.2) is 17.5 Å². The van der Waals surface area contributed by atoms with Crippen LogP contribution in [0, 0.1) is 12.8 Å². The van der Waals surface area contributed by atoms with Gasteiger partial charge in [0.25, 0.3) is 0 Å². The molecule has 1 aliphatic rings. The molecule has 1 atom stereocenters. The fraction of sp³-hybridized carbons (Fsp3) is 0.550. The summed E-state index contributed by atoms with van der Waals surface area (Å²) in [6, 6.07) is 4.46. The molecule has 1 saturated heterocycles. The molecule has 7 heteroatoms. The number of likely N-dealkylation sites (tertiary alicyclic amines) is 1. The van der Waals surface area contributed by atoms with E-state index in [0.717, 1.165) is 30.0 Å². The van der Waals surface area contributed by atoms with Crippen molar-refractivity contribution in [2.24, 2.45) is 5.92 Å². The maximum atomic E-state index is 12.5. The second-order valence-electron chi connectivity index (χ2n) is 6.98. The summed E-state index contributed by atoms with van der Waals surface area (Å²) in [4.78, 5) is 33.5. The molecule has 0 aromatic carbocycles. The van der Waals surface area contributed by atoms with Crippen LogP contribution in [0.3, 0.4) is 0 Å². The first-order valence-electron chi connectivity index (χ1n) is 9.60. The maximum absolute atomic E-state index is 12.5. The average Bonchev–Trinajstić information content (AvgIpc) is 3.37. The molecule has 146 valence electrons. The predicted molar refractivity (Wildman–Crippen MR) is 111 cm³/mol. The van der Waals surface area contributed by atoms with Gasteiger partial charge in [-0.05, 0) is 38.3 Å². The third-order valence-electron chi connectivity index (χ3n) is 5.12. The van der Waals surface area contributed by atoms with Crippen LogP contribution in [0.1, 0.15) is 43.0 Å². The molecule has 0 aliphatic carbocycles. The zero-order chi connectivity index (χ0) is 19.4. The Morgan fingerprint density at radius 1 is 1.37 bits per heavy atom. The number of nitrogens with zero attached hydrogens (tertiary/aromatic N) is 2. The number of hydrogen-bond donors (Lipinski definition) is 1. The summed E-state index contributed by atoms with van der Waals surface area (Å²) in [6.45, 7) is 7.36. The molecule has 0 spiro atoms. The summed E-state index contributed by atoms with van der Waals surface area (Å²) >= 11 is 3.38. The number of thiophene rings is 1. The minimum Gasteiger partial charge on any atom is -0.355 e. The van der Waals surface area contributed by atoms with Crippen LogP contribution in [0.25, 0.3) is 10.6 Å². The molecule has 2 aromatic rings. The molecule has 0 bridgehead atoms. The summed E-state index contributed by atoms with van der Waals surface area (Å²) in [5, 5.41) is 6.17. The van der Waals surface area contributed by atoms with E-state index in [0.29, 0.717) is 19.5 Å². The fourth-order valence-electron chi connectivity index (χ4n) is 3.57. The lowest BCUT2D eigenvalue weighted by Gasteiger charge is -2.26. The van der Waals surface area contributed by atoms with Crippen molar-refractivity contribution in [3.05, 3.63) is 27.4 Å². The van der Waals surface area contributed by atoms with Crippen LogP contribution in [0.5, 0.6) is 0 Å². The quantitative estimate of drug-likeness (QED) is 0.725. The molecular weight excluding hydrogens is 378 g/mol. The summed E-state index contributed by atoms with van der Waals surface area (Å²) < 4.78 is 0. The smallest absolute Gasteiger partial charge is 0.225 e. The Hall–Kier alpha value is -1.73. The molecule has 1 aliphatic heterocycles. The van der Waals surface area contributed by atoms with Gasteiger partial charge in [-0.25, -0.2) is 4.98 Å². The molecular formula is C20H27N3O2S2. The van der Waals surface area contributed by atoms with Crippen molar-refractivity contribution >= 4 is 34.5 Å². The Bertz CT molecular complexity index is 795. The highest BCUT2D eigenvalue weighted by Crippen LogP contribution is 2.29. The Kier molecular flexibility index (Phi) is 6.65. The van der Waals surface area contributed by atoms with E-state index in [2.05, 4.69) is 41.7 Å². The highest BCUT2D eigenvalue weighted by molar-refractivity contribution is 7.16. The van der Waals surface area contributed by atoms with Gasteiger partial charge in [-0.15, -0.1) is 22.7 Å². The molecule has 0 radical (unpaired) electrons. The van der Waals surface area contributed by atoms with E-state index >= 15 is 0 Å². The van der Waals surface area contributed by atoms with Crippen LogP contribution in [-0.2, 0) is 16.0 Å². The van der Waals surface area contributed by atoms with Crippen LogP contribution >= 0.6 is 22.7 Å². The minimum absolute atomic E-state index is 0.00344. The van der Waals surface area contributed by atoms with Crippen molar-refractivity contribution in [2.75, 3.05) is 13.1 Å². The van der Waals surface area contributed by atoms with Gasteiger partial charge >= 0.3 is 0 Å². The Labute approximate surface area is 168 Å². The van der Waals surface area contributed by atoms with Crippen molar-refractivity contribution < 1.29 is 9.59 Å². The Balaban J connectivity index is 1.47. The highest BCUT2D eigenvalue weighted by atomic mass is 32.1. The molecule has 1 fully saturated rings. The van der Waals surface area contributed by atoms with Crippen LogP contribution in [0.2, 0.25) is 0 Å². The zero-order valence-electron chi connectivity index (χ0n) is 16.2. The van der Waals surface area contributed by atoms with Crippen molar-refractivity contribution in [1.29, 1.82) is 0 Å². The second kappa shape index (κ2) is 8.97. The van der Waals surface area contributed by atoms with E-state index in [1.807, 2.05) is 11.8 Å². The van der Waals surface area contributed by atoms with E-state index in [-0.39, 0.29) is 23.8 Å². The van der Waals surface area contributed by atoms with Gasteiger partial charge in [0.2, 0.25) is 11.8 Å².